The van der Waals surface area contributed by atoms with Gasteiger partial charge in [0.1, 0.15) is 0 Å². The van der Waals surface area contributed by atoms with Crippen LogP contribution < -0.4 is 0 Å². The topological polar surface area (TPSA) is 4.93 Å². The van der Waals surface area contributed by atoms with Gasteiger partial charge >= 0.3 is 0 Å². The Kier molecular flexibility index (Phi) is 3.08. The first-order valence-electron chi connectivity index (χ1n) is 6.44. The first-order valence-corrected chi connectivity index (χ1v) is 6.82. The van der Waals surface area contributed by atoms with E-state index in [-0.39, 0.29) is 0 Å². The van der Waals surface area contributed by atoms with Crippen molar-refractivity contribution >= 4 is 22.5 Å². The summed E-state index contributed by atoms with van der Waals surface area (Å²) in [6.07, 6.45) is 2.11. The third-order valence-electron chi connectivity index (χ3n) is 3.37. The van der Waals surface area contributed by atoms with Gasteiger partial charge in [-0.1, -0.05) is 53.1 Å². The Morgan fingerprint density at radius 3 is 2.47 bits per heavy atom. The van der Waals surface area contributed by atoms with Gasteiger partial charge in [0.05, 0.1) is 10.5 Å². The lowest BCUT2D eigenvalue weighted by Gasteiger charge is -2.09. The molecule has 2 aromatic carbocycles. The number of rotatable bonds is 2. The summed E-state index contributed by atoms with van der Waals surface area (Å²) < 4.78 is 2.21. The molecule has 1 nitrogen and oxygen atoms in total. The highest BCUT2D eigenvalue weighted by Gasteiger charge is 2.06. The van der Waals surface area contributed by atoms with E-state index in [4.69, 9.17) is 11.6 Å². The average Bonchev–Trinajstić information content (AvgIpc) is 2.72. The van der Waals surface area contributed by atoms with Crippen molar-refractivity contribution in [3.05, 3.63) is 70.4 Å². The molecule has 3 rings (SSSR count). The zero-order valence-electron chi connectivity index (χ0n) is 11.2. The highest BCUT2D eigenvalue weighted by atomic mass is 35.5. The number of hydrogen-bond acceptors (Lipinski definition) is 0. The van der Waals surface area contributed by atoms with Crippen LogP contribution >= 0.6 is 11.6 Å². The van der Waals surface area contributed by atoms with Crippen LogP contribution in [0.3, 0.4) is 0 Å². The third-order valence-corrected chi connectivity index (χ3v) is 3.68. The molecule has 1 aromatic heterocycles. The third kappa shape index (κ3) is 2.39. The highest BCUT2D eigenvalue weighted by Crippen LogP contribution is 2.25. The minimum Gasteiger partial charge on any atom is -0.342 e. The van der Waals surface area contributed by atoms with Crippen molar-refractivity contribution in [1.82, 2.24) is 4.57 Å². The molecule has 0 saturated carbocycles. The van der Waals surface area contributed by atoms with E-state index in [1.54, 1.807) is 0 Å². The molecule has 0 unspecified atom stereocenters. The Hall–Kier alpha value is -1.73. The molecular formula is C17H16ClN. The second kappa shape index (κ2) is 4.75. The highest BCUT2D eigenvalue weighted by molar-refractivity contribution is 6.35. The fourth-order valence-corrected chi connectivity index (χ4v) is 2.99. The predicted molar refractivity (Wildman–Crippen MR) is 82.0 cm³/mol. The van der Waals surface area contributed by atoms with E-state index in [1.165, 1.54) is 22.1 Å². The first kappa shape index (κ1) is 12.3. The summed E-state index contributed by atoms with van der Waals surface area (Å²) in [6, 6.07) is 14.8. The van der Waals surface area contributed by atoms with Crippen molar-refractivity contribution in [3.63, 3.8) is 0 Å². The summed E-state index contributed by atoms with van der Waals surface area (Å²) in [7, 11) is 0. The van der Waals surface area contributed by atoms with Crippen LogP contribution in [0, 0.1) is 13.8 Å². The molecule has 96 valence electrons. The molecule has 0 aliphatic rings. The SMILES string of the molecule is Cc1cc(C)cc(Cn2ccc3cccc(Cl)c32)c1. The summed E-state index contributed by atoms with van der Waals surface area (Å²) in [6.45, 7) is 5.13. The molecule has 3 aromatic rings. The quantitative estimate of drug-likeness (QED) is 0.620. The van der Waals surface area contributed by atoms with Gasteiger partial charge in [0.2, 0.25) is 0 Å². The van der Waals surface area contributed by atoms with Crippen LogP contribution in [0.25, 0.3) is 10.9 Å². The summed E-state index contributed by atoms with van der Waals surface area (Å²) in [4.78, 5) is 0. The second-order valence-corrected chi connectivity index (χ2v) is 5.52. The Labute approximate surface area is 118 Å². The predicted octanol–water partition coefficient (Wildman–Crippen LogP) is 4.96. The second-order valence-electron chi connectivity index (χ2n) is 5.12. The smallest absolute Gasteiger partial charge is 0.0672 e. The summed E-state index contributed by atoms with van der Waals surface area (Å²) in [5.74, 6) is 0. The molecule has 19 heavy (non-hydrogen) atoms. The number of halogens is 1. The largest absolute Gasteiger partial charge is 0.342 e. The number of aryl methyl sites for hydroxylation is 2. The van der Waals surface area contributed by atoms with Crippen molar-refractivity contribution in [2.75, 3.05) is 0 Å². The first-order chi connectivity index (χ1) is 9.13. The molecule has 0 atom stereocenters. The molecule has 0 amide bonds. The minimum atomic E-state index is 0.812. The maximum Gasteiger partial charge on any atom is 0.0672 e. The van der Waals surface area contributed by atoms with E-state index in [2.05, 4.69) is 54.9 Å². The number of para-hydroxylation sites is 1. The van der Waals surface area contributed by atoms with Crippen LogP contribution in [-0.4, -0.2) is 4.57 Å². The number of fused-ring (bicyclic) bond motifs is 1. The maximum absolute atomic E-state index is 6.31. The molecule has 1 heterocycles. The van der Waals surface area contributed by atoms with E-state index in [1.807, 2.05) is 12.1 Å². The van der Waals surface area contributed by atoms with E-state index < -0.39 is 0 Å². The molecule has 0 N–H and O–H groups in total. The molecule has 0 saturated heterocycles. The monoisotopic (exact) mass is 269 g/mol. The standard InChI is InChI=1S/C17H16ClN/c1-12-8-13(2)10-14(9-12)11-19-7-6-15-4-3-5-16(18)17(15)19/h3-10H,11H2,1-2H3. The molecule has 2 heteroatoms. The van der Waals surface area contributed by atoms with E-state index >= 15 is 0 Å². The zero-order valence-corrected chi connectivity index (χ0v) is 11.9. The van der Waals surface area contributed by atoms with Crippen LogP contribution in [-0.2, 0) is 6.54 Å². The van der Waals surface area contributed by atoms with Gasteiger partial charge in [0.15, 0.2) is 0 Å². The van der Waals surface area contributed by atoms with Crippen molar-refractivity contribution in [2.24, 2.45) is 0 Å². The molecule has 0 fully saturated rings. The van der Waals surface area contributed by atoms with Crippen LogP contribution in [0.2, 0.25) is 5.02 Å². The lowest BCUT2D eigenvalue weighted by Crippen LogP contribution is -1.99. The van der Waals surface area contributed by atoms with Gasteiger partial charge in [0.25, 0.3) is 0 Å². The van der Waals surface area contributed by atoms with Crippen molar-refractivity contribution in [3.8, 4) is 0 Å². The molecule has 0 spiro atoms. The van der Waals surface area contributed by atoms with Crippen LogP contribution in [0.5, 0.6) is 0 Å². The van der Waals surface area contributed by atoms with Gasteiger partial charge < -0.3 is 4.57 Å². The average molecular weight is 270 g/mol. The van der Waals surface area contributed by atoms with Crippen LogP contribution in [0.4, 0.5) is 0 Å². The van der Waals surface area contributed by atoms with Gasteiger partial charge in [-0.15, -0.1) is 0 Å². The van der Waals surface area contributed by atoms with Gasteiger partial charge in [0, 0.05) is 18.1 Å². The molecule has 0 aliphatic carbocycles. The van der Waals surface area contributed by atoms with E-state index in [9.17, 15) is 0 Å². The fourth-order valence-electron chi connectivity index (χ4n) is 2.70. The number of hydrogen-bond donors (Lipinski definition) is 0. The summed E-state index contributed by atoms with van der Waals surface area (Å²) >= 11 is 6.31. The number of nitrogens with zero attached hydrogens (tertiary/aromatic N) is 1. The summed E-state index contributed by atoms with van der Waals surface area (Å²) in [5.41, 5.74) is 5.04. The van der Waals surface area contributed by atoms with Crippen molar-refractivity contribution < 1.29 is 0 Å². The molecule has 0 radical (unpaired) electrons. The van der Waals surface area contributed by atoms with Gasteiger partial charge in [-0.2, -0.15) is 0 Å². The Morgan fingerprint density at radius 2 is 1.74 bits per heavy atom. The maximum atomic E-state index is 6.31. The van der Waals surface area contributed by atoms with Gasteiger partial charge in [-0.05, 0) is 31.5 Å². The van der Waals surface area contributed by atoms with Gasteiger partial charge in [-0.3, -0.25) is 0 Å². The number of aromatic nitrogens is 1. The van der Waals surface area contributed by atoms with E-state index in [0.717, 1.165) is 17.1 Å². The van der Waals surface area contributed by atoms with Crippen molar-refractivity contribution in [2.45, 2.75) is 20.4 Å². The Morgan fingerprint density at radius 1 is 1.00 bits per heavy atom. The van der Waals surface area contributed by atoms with Gasteiger partial charge in [-0.25, -0.2) is 0 Å². The van der Waals surface area contributed by atoms with E-state index in [0.29, 0.717) is 0 Å². The molecular weight excluding hydrogens is 254 g/mol. The fraction of sp³-hybridized carbons (Fsp3) is 0.176. The lowest BCUT2D eigenvalue weighted by atomic mass is 10.1. The summed E-state index contributed by atoms with van der Waals surface area (Å²) in [5, 5.41) is 2.00. The van der Waals surface area contributed by atoms with Crippen LogP contribution in [0.15, 0.2) is 48.7 Å². The molecule has 0 bridgehead atoms. The Bertz CT molecular complexity index is 720. The molecule has 0 aliphatic heterocycles. The zero-order chi connectivity index (χ0) is 13.4. The van der Waals surface area contributed by atoms with Crippen LogP contribution in [0.1, 0.15) is 16.7 Å². The number of benzene rings is 2. The Balaban J connectivity index is 2.06. The normalized spacial score (nSPS) is 11.1. The van der Waals surface area contributed by atoms with Crippen molar-refractivity contribution in [1.29, 1.82) is 0 Å². The minimum absolute atomic E-state index is 0.812. The lowest BCUT2D eigenvalue weighted by molar-refractivity contribution is 0.835.